The predicted molar refractivity (Wildman–Crippen MR) is 100 cm³/mol. The molecule has 0 saturated heterocycles. The fourth-order valence-corrected chi connectivity index (χ4v) is 2.52. The van der Waals surface area contributed by atoms with E-state index < -0.39 is 11.9 Å². The van der Waals surface area contributed by atoms with E-state index in [0.717, 1.165) is 16.8 Å². The maximum Gasteiger partial charge on any atom is 0.338 e. The van der Waals surface area contributed by atoms with Crippen molar-refractivity contribution in [3.63, 3.8) is 0 Å². The van der Waals surface area contributed by atoms with E-state index in [2.05, 4.69) is 19.2 Å². The number of hydrogen-bond acceptors (Lipinski definition) is 4. The van der Waals surface area contributed by atoms with Crippen molar-refractivity contribution < 1.29 is 14.3 Å². The highest BCUT2D eigenvalue weighted by Gasteiger charge is 2.15. The van der Waals surface area contributed by atoms with Gasteiger partial charge >= 0.3 is 5.97 Å². The van der Waals surface area contributed by atoms with Crippen LogP contribution in [0, 0.1) is 6.92 Å². The van der Waals surface area contributed by atoms with Gasteiger partial charge in [-0.15, -0.1) is 0 Å². The molecule has 2 rings (SSSR count). The first-order valence-electron chi connectivity index (χ1n) is 7.91. The number of carbonyl (C=O) groups excluding carboxylic acids is 2. The zero-order valence-corrected chi connectivity index (χ0v) is 15.2. The molecule has 0 unspecified atom stereocenters. The van der Waals surface area contributed by atoms with E-state index in [1.807, 2.05) is 25.1 Å². The van der Waals surface area contributed by atoms with E-state index in [9.17, 15) is 9.59 Å². The number of amides is 1. The monoisotopic (exact) mass is 360 g/mol. The van der Waals surface area contributed by atoms with E-state index in [0.29, 0.717) is 5.02 Å². The lowest BCUT2D eigenvalue weighted by atomic mass is 9.98. The smallest absolute Gasteiger partial charge is 0.338 e. The summed E-state index contributed by atoms with van der Waals surface area (Å²) in [5, 5.41) is 3.18. The lowest BCUT2D eigenvalue weighted by Gasteiger charge is -2.16. The summed E-state index contributed by atoms with van der Waals surface area (Å²) in [6.07, 6.45) is 0. The second-order valence-electron chi connectivity index (χ2n) is 6.05. The third kappa shape index (κ3) is 4.73. The number of esters is 1. The second kappa shape index (κ2) is 8.03. The molecule has 0 aromatic heterocycles. The molecule has 0 atom stereocenters. The first-order chi connectivity index (χ1) is 11.8. The number of nitrogen functional groups attached to an aromatic ring is 1. The molecule has 0 spiro atoms. The molecule has 132 valence electrons. The molecule has 1 amide bonds. The zero-order valence-electron chi connectivity index (χ0n) is 14.4. The Bertz CT molecular complexity index is 803. The van der Waals surface area contributed by atoms with Crippen molar-refractivity contribution in [3.05, 3.63) is 58.1 Å². The summed E-state index contributed by atoms with van der Waals surface area (Å²) in [5.74, 6) is -0.770. The van der Waals surface area contributed by atoms with E-state index >= 15 is 0 Å². The van der Waals surface area contributed by atoms with Crippen molar-refractivity contribution in [1.82, 2.24) is 0 Å². The van der Waals surface area contributed by atoms with Gasteiger partial charge in [0.05, 0.1) is 16.3 Å². The van der Waals surface area contributed by atoms with Crippen LogP contribution in [0.4, 0.5) is 11.4 Å². The number of rotatable bonds is 5. The molecule has 0 aliphatic heterocycles. The average Bonchev–Trinajstić information content (AvgIpc) is 2.56. The molecular formula is C19H21ClN2O3. The maximum absolute atomic E-state index is 12.2. The number of nitrogens with two attached hydrogens (primary N) is 1. The van der Waals surface area contributed by atoms with Crippen molar-refractivity contribution in [3.8, 4) is 0 Å². The molecule has 0 aliphatic rings. The van der Waals surface area contributed by atoms with Crippen LogP contribution in [0.15, 0.2) is 36.4 Å². The Morgan fingerprint density at radius 2 is 1.96 bits per heavy atom. The minimum Gasteiger partial charge on any atom is -0.452 e. The topological polar surface area (TPSA) is 81.4 Å². The Morgan fingerprint density at radius 3 is 2.60 bits per heavy atom. The average molecular weight is 361 g/mol. The van der Waals surface area contributed by atoms with Crippen molar-refractivity contribution in [2.45, 2.75) is 26.7 Å². The lowest BCUT2D eigenvalue weighted by Crippen LogP contribution is -2.22. The SMILES string of the molecule is Cc1cccc(C(C)C)c1NC(=O)COC(=O)c1ccc(Cl)c(N)c1. The van der Waals surface area contributed by atoms with Crippen LogP contribution in [-0.2, 0) is 9.53 Å². The van der Waals surface area contributed by atoms with Gasteiger partial charge in [0.1, 0.15) is 0 Å². The van der Waals surface area contributed by atoms with Crippen LogP contribution in [-0.4, -0.2) is 18.5 Å². The summed E-state index contributed by atoms with van der Waals surface area (Å²) in [6.45, 7) is 5.64. The molecule has 2 aromatic rings. The molecule has 5 nitrogen and oxygen atoms in total. The fourth-order valence-electron chi connectivity index (χ4n) is 2.40. The van der Waals surface area contributed by atoms with Gasteiger partial charge in [-0.1, -0.05) is 43.6 Å². The molecule has 0 fully saturated rings. The first kappa shape index (κ1) is 18.8. The summed E-state index contributed by atoms with van der Waals surface area (Å²) < 4.78 is 5.05. The van der Waals surface area contributed by atoms with E-state index in [1.165, 1.54) is 18.2 Å². The molecule has 0 radical (unpaired) electrons. The minimum atomic E-state index is -0.632. The summed E-state index contributed by atoms with van der Waals surface area (Å²) >= 11 is 5.82. The molecule has 25 heavy (non-hydrogen) atoms. The summed E-state index contributed by atoms with van der Waals surface area (Å²) in [4.78, 5) is 24.2. The third-order valence-electron chi connectivity index (χ3n) is 3.76. The van der Waals surface area contributed by atoms with Crippen LogP contribution in [0.5, 0.6) is 0 Å². The van der Waals surface area contributed by atoms with Crippen molar-refractivity contribution in [1.29, 1.82) is 0 Å². The van der Waals surface area contributed by atoms with Gasteiger partial charge in [0.2, 0.25) is 0 Å². The molecule has 2 aromatic carbocycles. The lowest BCUT2D eigenvalue weighted by molar-refractivity contribution is -0.119. The van der Waals surface area contributed by atoms with Gasteiger partial charge in [0, 0.05) is 5.69 Å². The Kier molecular flexibility index (Phi) is 6.04. The van der Waals surface area contributed by atoms with E-state index in [1.54, 1.807) is 0 Å². The summed E-state index contributed by atoms with van der Waals surface area (Å²) in [5.41, 5.74) is 8.93. The second-order valence-corrected chi connectivity index (χ2v) is 6.46. The van der Waals surface area contributed by atoms with Crippen LogP contribution >= 0.6 is 11.6 Å². The minimum absolute atomic E-state index is 0.244. The van der Waals surface area contributed by atoms with Gasteiger partial charge in [-0.05, 0) is 42.2 Å². The van der Waals surface area contributed by atoms with E-state index in [4.69, 9.17) is 22.1 Å². The molecule has 0 aliphatic carbocycles. The highest BCUT2D eigenvalue weighted by atomic mass is 35.5. The number of hydrogen-bond donors (Lipinski definition) is 2. The zero-order chi connectivity index (χ0) is 18.6. The number of ether oxygens (including phenoxy) is 1. The molecule has 3 N–H and O–H groups in total. The standard InChI is InChI=1S/C19H21ClN2O3/c1-11(2)14-6-4-5-12(3)18(14)22-17(23)10-25-19(24)13-7-8-15(20)16(21)9-13/h4-9,11H,10,21H2,1-3H3,(H,22,23). The van der Waals surface area contributed by atoms with E-state index in [-0.39, 0.29) is 23.8 Å². The van der Waals surface area contributed by atoms with Gasteiger partial charge < -0.3 is 15.8 Å². The molecule has 0 bridgehead atoms. The van der Waals surface area contributed by atoms with Crippen LogP contribution in [0.2, 0.25) is 5.02 Å². The van der Waals surface area contributed by atoms with Gasteiger partial charge in [-0.25, -0.2) is 4.79 Å². The Morgan fingerprint density at radius 1 is 1.24 bits per heavy atom. The van der Waals surface area contributed by atoms with Crippen LogP contribution in [0.3, 0.4) is 0 Å². The van der Waals surface area contributed by atoms with Crippen molar-refractivity contribution in [2.75, 3.05) is 17.7 Å². The van der Waals surface area contributed by atoms with Gasteiger partial charge in [0.25, 0.3) is 5.91 Å². The molecular weight excluding hydrogens is 340 g/mol. The number of aryl methyl sites for hydroxylation is 1. The Labute approximate surface area is 152 Å². The molecule has 0 heterocycles. The number of anilines is 2. The number of para-hydroxylation sites is 1. The van der Waals surface area contributed by atoms with Crippen LogP contribution < -0.4 is 11.1 Å². The summed E-state index contributed by atoms with van der Waals surface area (Å²) in [6, 6.07) is 10.3. The normalized spacial score (nSPS) is 10.6. The first-order valence-corrected chi connectivity index (χ1v) is 8.29. The fraction of sp³-hybridized carbons (Fsp3) is 0.263. The largest absolute Gasteiger partial charge is 0.452 e. The van der Waals surface area contributed by atoms with Crippen LogP contribution in [0.1, 0.15) is 41.3 Å². The highest BCUT2D eigenvalue weighted by molar-refractivity contribution is 6.33. The predicted octanol–water partition coefficient (Wildman–Crippen LogP) is 4.15. The summed E-state index contributed by atoms with van der Waals surface area (Å²) in [7, 11) is 0. The van der Waals surface area contributed by atoms with Gasteiger partial charge in [0.15, 0.2) is 6.61 Å². The number of carbonyl (C=O) groups is 2. The highest BCUT2D eigenvalue weighted by Crippen LogP contribution is 2.27. The molecule has 6 heteroatoms. The van der Waals surface area contributed by atoms with Crippen molar-refractivity contribution >= 4 is 34.9 Å². The van der Waals surface area contributed by atoms with Gasteiger partial charge in [-0.2, -0.15) is 0 Å². The van der Waals surface area contributed by atoms with Crippen LogP contribution in [0.25, 0.3) is 0 Å². The maximum atomic E-state index is 12.2. The Hall–Kier alpha value is -2.53. The molecule has 0 saturated carbocycles. The number of halogens is 1. The van der Waals surface area contributed by atoms with Crippen molar-refractivity contribution in [2.24, 2.45) is 0 Å². The quantitative estimate of drug-likeness (QED) is 0.620. The number of nitrogens with one attached hydrogen (secondary N) is 1. The van der Waals surface area contributed by atoms with Gasteiger partial charge in [-0.3, -0.25) is 4.79 Å². The Balaban J connectivity index is 2.02. The third-order valence-corrected chi connectivity index (χ3v) is 4.10. The number of benzene rings is 2.